The molecule has 0 saturated carbocycles. The summed E-state index contributed by atoms with van der Waals surface area (Å²) < 4.78 is 5.44. The Morgan fingerprint density at radius 2 is 1.50 bits per heavy atom. The smallest absolute Gasteiger partial charge is 0.0267 e. The van der Waals surface area contributed by atoms with E-state index in [-0.39, 0.29) is 0 Å². The summed E-state index contributed by atoms with van der Waals surface area (Å²) >= 11 is 2.81. The van der Waals surface area contributed by atoms with Gasteiger partial charge in [-0.1, -0.05) is 6.07 Å². The molecule has 0 saturated heterocycles. The third-order valence-corrected chi connectivity index (χ3v) is 0.566. The molecule has 1 N–H and O–H groups in total. The van der Waals surface area contributed by atoms with Crippen molar-refractivity contribution in [1.82, 2.24) is 4.98 Å². The zero-order valence-corrected chi connectivity index (χ0v) is 5.21. The average Bonchev–Trinajstić information content (AvgIpc) is 1.96. The molecular formula is C5H6CoN2. The van der Waals surface area contributed by atoms with Gasteiger partial charge in [0.05, 0.1) is 0 Å². The van der Waals surface area contributed by atoms with E-state index < -0.39 is 0 Å². The molecule has 0 aliphatic heterocycles. The number of pyridine rings is 1. The van der Waals surface area contributed by atoms with Crippen LogP contribution in [-0.4, -0.2) is 4.98 Å². The number of rotatable bonds is 0. The van der Waals surface area contributed by atoms with Crippen LogP contribution in [0.15, 0.2) is 30.6 Å². The van der Waals surface area contributed by atoms with Gasteiger partial charge in [0.1, 0.15) is 0 Å². The van der Waals surface area contributed by atoms with Crippen LogP contribution in [0.3, 0.4) is 0 Å². The Morgan fingerprint density at radius 3 is 1.62 bits per heavy atom. The molecule has 0 unspecified atom stereocenters. The van der Waals surface area contributed by atoms with Gasteiger partial charge in [-0.2, -0.15) is 0 Å². The molecule has 1 heterocycles. The largest absolute Gasteiger partial charge is 0.265 e. The standard InChI is InChI=1S/C5H5N.Co.HN/c1-2-4-6-5-3-1;;/h1-5H;;1H. The van der Waals surface area contributed by atoms with Crippen molar-refractivity contribution in [2.45, 2.75) is 0 Å². The quantitative estimate of drug-likeness (QED) is 0.600. The van der Waals surface area contributed by atoms with E-state index >= 15 is 0 Å². The molecule has 45 valence electrons. The second-order valence-electron chi connectivity index (χ2n) is 1.02. The fraction of sp³-hybridized carbons (Fsp3) is 0. The first-order valence-electron chi connectivity index (χ1n) is 2.02. The molecule has 0 aliphatic rings. The van der Waals surface area contributed by atoms with Gasteiger partial charge in [-0.25, -0.2) is 0 Å². The molecule has 1 rings (SSSR count). The van der Waals surface area contributed by atoms with E-state index in [9.17, 15) is 0 Å². The van der Waals surface area contributed by atoms with E-state index in [1.807, 2.05) is 18.2 Å². The Labute approximate surface area is 56.1 Å². The molecular weight excluding hydrogens is 147 g/mol. The van der Waals surface area contributed by atoms with Crippen molar-refractivity contribution in [3.05, 3.63) is 30.6 Å². The maximum absolute atomic E-state index is 5.44. The summed E-state index contributed by atoms with van der Waals surface area (Å²) in [4.78, 5) is 3.78. The minimum Gasteiger partial charge on any atom is -0.265 e. The second-order valence-corrected chi connectivity index (χ2v) is 1.02. The average molecular weight is 153 g/mol. The summed E-state index contributed by atoms with van der Waals surface area (Å²) in [6, 6.07) is 5.72. The van der Waals surface area contributed by atoms with E-state index in [1.54, 1.807) is 12.4 Å². The molecule has 1 aromatic heterocycles. The Hall–Kier alpha value is -0.544. The minimum absolute atomic E-state index is 1.75. The van der Waals surface area contributed by atoms with Crippen LogP contribution in [0.1, 0.15) is 0 Å². The minimum atomic E-state index is 1.75. The maximum atomic E-state index is 5.44. The SMILES string of the molecule is [NH]=[Co].c1ccncc1. The molecule has 0 aliphatic carbocycles. The molecule has 0 atom stereocenters. The number of nitrogens with zero attached hydrogens (tertiary/aromatic N) is 1. The van der Waals surface area contributed by atoms with Gasteiger partial charge in [-0.05, 0) is 12.1 Å². The van der Waals surface area contributed by atoms with Crippen LogP contribution < -0.4 is 0 Å². The predicted octanol–water partition coefficient (Wildman–Crippen LogP) is 1.38. The van der Waals surface area contributed by atoms with Gasteiger partial charge >= 0.3 is 20.0 Å². The van der Waals surface area contributed by atoms with Crippen LogP contribution in [0.4, 0.5) is 0 Å². The van der Waals surface area contributed by atoms with Gasteiger partial charge in [-0.15, -0.1) is 0 Å². The number of hydrogen-bond acceptors (Lipinski definition) is 2. The Balaban J connectivity index is 0.000000222. The summed E-state index contributed by atoms with van der Waals surface area (Å²) in [5, 5.41) is 0. The molecule has 3 heteroatoms. The molecule has 0 bridgehead atoms. The first-order chi connectivity index (χ1) is 4.00. The zero-order chi connectivity index (χ0) is 6.24. The van der Waals surface area contributed by atoms with Gasteiger partial charge in [-0.3, -0.25) is 4.98 Å². The van der Waals surface area contributed by atoms with Gasteiger partial charge in [0.25, 0.3) is 0 Å². The van der Waals surface area contributed by atoms with Crippen LogP contribution in [0.5, 0.6) is 0 Å². The van der Waals surface area contributed by atoms with Crippen molar-refractivity contribution < 1.29 is 15.5 Å². The van der Waals surface area contributed by atoms with E-state index in [4.69, 9.17) is 4.41 Å². The number of aromatic nitrogens is 1. The van der Waals surface area contributed by atoms with Crippen molar-refractivity contribution in [3.8, 4) is 0 Å². The maximum Gasteiger partial charge on any atom is 0.0267 e. The van der Waals surface area contributed by atoms with Crippen molar-refractivity contribution in [1.29, 1.82) is 4.41 Å². The Bertz CT molecular complexity index is 93.3. The third-order valence-electron chi connectivity index (χ3n) is 0.566. The van der Waals surface area contributed by atoms with Crippen molar-refractivity contribution >= 4 is 0 Å². The zero-order valence-electron chi connectivity index (χ0n) is 4.17. The number of nitrogens with one attached hydrogen (secondary N) is 1. The van der Waals surface area contributed by atoms with Crippen LogP contribution in [0.2, 0.25) is 0 Å². The molecule has 0 radical (unpaired) electrons. The first-order valence-corrected chi connectivity index (χ1v) is 2.54. The van der Waals surface area contributed by atoms with Gasteiger partial charge in [0, 0.05) is 12.4 Å². The number of hydrogen-bond donors (Lipinski definition) is 1. The third kappa shape index (κ3) is 3.64. The van der Waals surface area contributed by atoms with Crippen LogP contribution in [0.25, 0.3) is 0 Å². The van der Waals surface area contributed by atoms with Gasteiger partial charge in [0.15, 0.2) is 0 Å². The second kappa shape index (κ2) is 6.46. The molecule has 2 nitrogen and oxygen atoms in total. The van der Waals surface area contributed by atoms with Crippen molar-refractivity contribution in [2.24, 2.45) is 0 Å². The monoisotopic (exact) mass is 153 g/mol. The summed E-state index contributed by atoms with van der Waals surface area (Å²) in [7, 11) is 0. The topological polar surface area (TPSA) is 36.7 Å². The van der Waals surface area contributed by atoms with Crippen molar-refractivity contribution in [3.63, 3.8) is 0 Å². The van der Waals surface area contributed by atoms with Crippen LogP contribution in [0, 0.1) is 4.41 Å². The van der Waals surface area contributed by atoms with E-state index in [2.05, 4.69) is 20.5 Å². The van der Waals surface area contributed by atoms with E-state index in [0.29, 0.717) is 0 Å². The van der Waals surface area contributed by atoms with Crippen LogP contribution >= 0.6 is 0 Å². The molecule has 8 heavy (non-hydrogen) atoms. The van der Waals surface area contributed by atoms with Gasteiger partial charge in [0.2, 0.25) is 0 Å². The van der Waals surface area contributed by atoms with Crippen molar-refractivity contribution in [2.75, 3.05) is 0 Å². The molecule has 1 aromatic rings. The fourth-order valence-corrected chi connectivity index (χ4v) is 0.313. The first kappa shape index (κ1) is 7.46. The Morgan fingerprint density at radius 1 is 1.00 bits per heavy atom. The normalized spacial score (nSPS) is 6.62. The summed E-state index contributed by atoms with van der Waals surface area (Å²) in [6.45, 7) is 0. The van der Waals surface area contributed by atoms with Crippen LogP contribution in [-0.2, 0) is 15.5 Å². The summed E-state index contributed by atoms with van der Waals surface area (Å²) in [5.41, 5.74) is 0. The fourth-order valence-electron chi connectivity index (χ4n) is 0.313. The predicted molar refractivity (Wildman–Crippen MR) is 27.0 cm³/mol. The van der Waals surface area contributed by atoms with E-state index in [0.717, 1.165) is 0 Å². The van der Waals surface area contributed by atoms with Gasteiger partial charge < -0.3 is 0 Å². The summed E-state index contributed by atoms with van der Waals surface area (Å²) in [5.74, 6) is 0. The molecule has 0 amide bonds. The molecule has 0 aromatic carbocycles. The molecule has 0 fully saturated rings. The van der Waals surface area contributed by atoms with E-state index in [1.165, 1.54) is 0 Å². The Kier molecular flexibility index (Phi) is 6.02. The molecule has 0 spiro atoms. The summed E-state index contributed by atoms with van der Waals surface area (Å²) in [6.07, 6.45) is 3.50.